The van der Waals surface area contributed by atoms with Crippen molar-refractivity contribution in [1.82, 2.24) is 44.8 Å². The summed E-state index contributed by atoms with van der Waals surface area (Å²) in [7, 11) is 0.0751. The van der Waals surface area contributed by atoms with Gasteiger partial charge in [-0.15, -0.1) is 0 Å². The van der Waals surface area contributed by atoms with Crippen molar-refractivity contribution < 1.29 is 22.0 Å². The van der Waals surface area contributed by atoms with Gasteiger partial charge in [0.1, 0.15) is 12.3 Å². The van der Waals surface area contributed by atoms with E-state index in [9.17, 15) is 17.6 Å². The Morgan fingerprint density at radius 2 is 1.74 bits per heavy atom. The molecule has 0 aromatic rings. The van der Waals surface area contributed by atoms with Crippen LogP contribution in [0.15, 0.2) is 0 Å². The molecule has 0 aromatic heterocycles. The molecule has 6 N–H and O–H groups in total. The van der Waals surface area contributed by atoms with E-state index in [1.54, 1.807) is 12.1 Å². The third kappa shape index (κ3) is 6.10. The van der Waals surface area contributed by atoms with Crippen LogP contribution in [0.5, 0.6) is 0 Å². The quantitative estimate of drug-likeness (QED) is 0.217. The lowest BCUT2D eigenvalue weighted by molar-refractivity contribution is -0.128. The Labute approximate surface area is 229 Å². The van der Waals surface area contributed by atoms with Gasteiger partial charge in [0, 0.05) is 65.4 Å². The number of halogens is 2. The number of hydrazine groups is 1. The van der Waals surface area contributed by atoms with E-state index in [2.05, 4.69) is 26.3 Å². The number of amides is 1. The molecule has 39 heavy (non-hydrogen) atoms. The molecule has 5 heterocycles. The number of rotatable bonds is 6. The molecule has 1 amide bonds. The highest BCUT2D eigenvalue weighted by atomic mass is 32.2. The van der Waals surface area contributed by atoms with Crippen LogP contribution in [0.25, 0.3) is 0 Å². The number of likely N-dealkylation sites (tertiary alicyclic amines) is 1. The maximum absolute atomic E-state index is 15.3. The summed E-state index contributed by atoms with van der Waals surface area (Å²) >= 11 is 0. The van der Waals surface area contributed by atoms with Gasteiger partial charge in [-0.2, -0.15) is 17.0 Å². The first-order valence-electron chi connectivity index (χ1n) is 14.0. The van der Waals surface area contributed by atoms with Crippen LogP contribution in [-0.2, 0) is 15.0 Å². The molecule has 0 saturated carbocycles. The molecule has 13 nitrogen and oxygen atoms in total. The van der Waals surface area contributed by atoms with Crippen LogP contribution in [0.4, 0.5) is 8.78 Å². The average Bonchev–Trinajstić information content (AvgIpc) is 3.23. The lowest BCUT2D eigenvalue weighted by Gasteiger charge is -2.46. The summed E-state index contributed by atoms with van der Waals surface area (Å²) in [4.78, 5) is 17.5. The highest BCUT2D eigenvalue weighted by Crippen LogP contribution is 2.25. The van der Waals surface area contributed by atoms with E-state index < -0.39 is 52.9 Å². The average molecular weight is 579 g/mol. The van der Waals surface area contributed by atoms with Crippen molar-refractivity contribution in [3.8, 4) is 0 Å². The lowest BCUT2D eigenvalue weighted by Crippen LogP contribution is -2.68. The molecule has 5 saturated heterocycles. The summed E-state index contributed by atoms with van der Waals surface area (Å²) in [5, 5.41) is 10.7. The molecule has 5 fully saturated rings. The fourth-order valence-electron chi connectivity index (χ4n) is 6.71. The van der Waals surface area contributed by atoms with E-state index in [0.29, 0.717) is 19.6 Å². The van der Waals surface area contributed by atoms with Crippen molar-refractivity contribution in [2.24, 2.45) is 11.7 Å². The van der Waals surface area contributed by atoms with Crippen LogP contribution in [0.2, 0.25) is 0 Å². The minimum absolute atomic E-state index is 0.0229. The number of hydrogen-bond acceptors (Lipinski definition) is 10. The van der Waals surface area contributed by atoms with E-state index in [1.165, 1.54) is 8.61 Å². The van der Waals surface area contributed by atoms with E-state index >= 15 is 4.39 Å². The molecule has 7 atom stereocenters. The summed E-state index contributed by atoms with van der Waals surface area (Å²) < 4.78 is 58.9. The first kappa shape index (κ1) is 29.4. The van der Waals surface area contributed by atoms with Gasteiger partial charge in [0.25, 0.3) is 10.2 Å². The molecule has 0 aliphatic carbocycles. The fraction of sp³-hybridized carbons (Fsp3) is 0.957. The summed E-state index contributed by atoms with van der Waals surface area (Å²) in [6.45, 7) is 3.83. The summed E-state index contributed by atoms with van der Waals surface area (Å²) in [6.07, 6.45) is -1.84. The topological polar surface area (TPSA) is 142 Å². The van der Waals surface area contributed by atoms with E-state index in [0.717, 1.165) is 25.9 Å². The maximum Gasteiger partial charge on any atom is 0.282 e. The van der Waals surface area contributed by atoms with Crippen LogP contribution in [-0.4, -0.2) is 160 Å². The molecule has 0 aromatic carbocycles. The minimum Gasteiger partial charge on any atom is -0.350 e. The summed E-state index contributed by atoms with van der Waals surface area (Å²) in [6, 6.07) is -1.14. The van der Waals surface area contributed by atoms with Gasteiger partial charge in [-0.25, -0.2) is 19.2 Å². The number of alkyl halides is 2. The number of piperidine rings is 2. The molecule has 0 radical (unpaired) electrons. The van der Waals surface area contributed by atoms with Crippen LogP contribution in [0, 0.1) is 5.92 Å². The van der Waals surface area contributed by atoms with Gasteiger partial charge >= 0.3 is 0 Å². The van der Waals surface area contributed by atoms with Gasteiger partial charge in [-0.05, 0) is 33.0 Å². The summed E-state index contributed by atoms with van der Waals surface area (Å²) in [5.41, 5.74) is 9.16. The first-order valence-corrected chi connectivity index (χ1v) is 15.4. The lowest BCUT2D eigenvalue weighted by atomic mass is 9.94. The van der Waals surface area contributed by atoms with Crippen LogP contribution in [0.3, 0.4) is 0 Å². The van der Waals surface area contributed by atoms with Gasteiger partial charge in [0.15, 0.2) is 0 Å². The molecule has 16 heteroatoms. The standard InChI is InChI=1S/C23H44F2N10O3S/c1-31-5-3-16(4-6-31)32(2)39(37,38)34-9-7-33(8-10-34)20-17(25)12-27-13-18(20)29-23(36)19-21(26)30-35-14-15(24)11-28-22(19)35/h15-22,27-28,30H,3-14,26H2,1-2H3,(H,29,36). The Balaban J connectivity index is 1.20. The van der Waals surface area contributed by atoms with E-state index in [-0.39, 0.29) is 44.7 Å². The highest BCUT2D eigenvalue weighted by molar-refractivity contribution is 7.86. The van der Waals surface area contributed by atoms with E-state index in [1.807, 2.05) is 11.9 Å². The van der Waals surface area contributed by atoms with Crippen LogP contribution in [0.1, 0.15) is 12.8 Å². The summed E-state index contributed by atoms with van der Waals surface area (Å²) in [5.74, 6) is -0.991. The number of carbonyl (C=O) groups excluding carboxylic acids is 1. The third-order valence-electron chi connectivity index (χ3n) is 9.03. The molecule has 5 rings (SSSR count). The number of nitrogens with zero attached hydrogens (tertiary/aromatic N) is 5. The van der Waals surface area contributed by atoms with Gasteiger partial charge < -0.3 is 21.3 Å². The van der Waals surface area contributed by atoms with Gasteiger partial charge in [-0.1, -0.05) is 0 Å². The van der Waals surface area contributed by atoms with Gasteiger partial charge in [0.2, 0.25) is 5.91 Å². The Morgan fingerprint density at radius 3 is 2.44 bits per heavy atom. The van der Waals surface area contributed by atoms with Crippen molar-refractivity contribution >= 4 is 16.1 Å². The molecule has 0 spiro atoms. The second-order valence-electron chi connectivity index (χ2n) is 11.6. The molecular formula is C23H44F2N10O3S. The smallest absolute Gasteiger partial charge is 0.282 e. The molecular weight excluding hydrogens is 534 g/mol. The second-order valence-corrected chi connectivity index (χ2v) is 13.5. The van der Waals surface area contributed by atoms with Crippen molar-refractivity contribution in [2.75, 3.05) is 79.5 Å². The van der Waals surface area contributed by atoms with Crippen molar-refractivity contribution in [1.29, 1.82) is 0 Å². The van der Waals surface area contributed by atoms with Crippen molar-refractivity contribution in [3.05, 3.63) is 0 Å². The number of carbonyl (C=O) groups is 1. The second kappa shape index (κ2) is 12.0. The SMILES string of the molecule is CN1CCC(N(C)S(=O)(=O)N2CCN(C3C(F)CNCC3NC(=O)C3C(N)NN4CC(F)CNC34)CC2)CC1. The molecule has 7 unspecified atom stereocenters. The molecule has 224 valence electrons. The predicted octanol–water partition coefficient (Wildman–Crippen LogP) is -3.34. The van der Waals surface area contributed by atoms with E-state index in [4.69, 9.17) is 5.73 Å². The molecule has 0 bridgehead atoms. The fourth-order valence-corrected chi connectivity index (χ4v) is 8.29. The highest BCUT2D eigenvalue weighted by Gasteiger charge is 2.49. The molecule has 5 aliphatic rings. The Bertz CT molecular complexity index is 966. The number of piperazine rings is 1. The number of nitrogens with two attached hydrogens (primary N) is 1. The first-order chi connectivity index (χ1) is 18.6. The zero-order valence-corrected chi connectivity index (χ0v) is 23.6. The maximum atomic E-state index is 15.3. The van der Waals surface area contributed by atoms with Crippen LogP contribution >= 0.6 is 0 Å². The Kier molecular flexibility index (Phi) is 9.07. The zero-order chi connectivity index (χ0) is 27.9. The monoisotopic (exact) mass is 578 g/mol. The van der Waals surface area contributed by atoms with Crippen molar-refractivity contribution in [2.45, 2.75) is 55.6 Å². The largest absolute Gasteiger partial charge is 0.350 e. The zero-order valence-electron chi connectivity index (χ0n) is 22.8. The normalized spacial score (nSPS) is 38.7. The molecule has 5 aliphatic heterocycles. The van der Waals surface area contributed by atoms with Crippen LogP contribution < -0.4 is 27.1 Å². The Hall–Kier alpha value is -1.08. The van der Waals surface area contributed by atoms with Gasteiger partial charge in [0.05, 0.1) is 30.3 Å². The number of nitrogens with one attached hydrogen (secondary N) is 4. The number of fused-ring (bicyclic) bond motifs is 1. The minimum atomic E-state index is -3.63. The predicted molar refractivity (Wildman–Crippen MR) is 142 cm³/mol. The van der Waals surface area contributed by atoms with Gasteiger partial charge in [-0.3, -0.25) is 15.0 Å². The third-order valence-corrected chi connectivity index (χ3v) is 11.1. The van der Waals surface area contributed by atoms with Crippen molar-refractivity contribution in [3.63, 3.8) is 0 Å². The Morgan fingerprint density at radius 1 is 1.05 bits per heavy atom. The number of hydrogen-bond donors (Lipinski definition) is 5.